The first kappa shape index (κ1) is 15.7. The Hall–Kier alpha value is -1.38. The highest BCUT2D eigenvalue weighted by atomic mass is 16.5. The van der Waals surface area contributed by atoms with Gasteiger partial charge in [-0.25, -0.2) is 4.79 Å². The third-order valence-electron chi connectivity index (χ3n) is 3.59. The first-order valence-electron chi connectivity index (χ1n) is 6.86. The average Bonchev–Trinajstić information content (AvgIpc) is 2.39. The van der Waals surface area contributed by atoms with Crippen molar-refractivity contribution in [2.45, 2.75) is 46.5 Å². The van der Waals surface area contributed by atoms with E-state index in [4.69, 9.17) is 4.74 Å². The fourth-order valence-electron chi connectivity index (χ4n) is 2.09. The number of esters is 1. The second kappa shape index (κ2) is 6.69. The molecule has 1 aliphatic carbocycles. The van der Waals surface area contributed by atoms with Crippen molar-refractivity contribution in [3.05, 3.63) is 23.8 Å². The first-order chi connectivity index (χ1) is 8.85. The summed E-state index contributed by atoms with van der Waals surface area (Å²) < 4.78 is 4.81. The summed E-state index contributed by atoms with van der Waals surface area (Å²) in [6.45, 7) is 6.06. The van der Waals surface area contributed by atoms with Crippen LogP contribution in [0.15, 0.2) is 23.8 Å². The summed E-state index contributed by atoms with van der Waals surface area (Å²) in [6, 6.07) is 0. The topological polar surface area (TPSA) is 43.4 Å². The normalized spacial score (nSPS) is 28.7. The summed E-state index contributed by atoms with van der Waals surface area (Å²) >= 11 is 0. The van der Waals surface area contributed by atoms with Crippen molar-refractivity contribution in [3.63, 3.8) is 0 Å². The van der Waals surface area contributed by atoms with Gasteiger partial charge in [-0.2, -0.15) is 0 Å². The SMILES string of the molecule is COC(=O)/C1=C\CC(C)(C)/C=C/C(=O)C(C)CCC1. The number of hydrogen-bond acceptors (Lipinski definition) is 3. The van der Waals surface area contributed by atoms with E-state index in [1.54, 1.807) is 6.08 Å². The summed E-state index contributed by atoms with van der Waals surface area (Å²) in [7, 11) is 1.41. The van der Waals surface area contributed by atoms with Crippen molar-refractivity contribution >= 4 is 11.8 Å². The molecule has 0 aromatic heterocycles. The predicted molar refractivity (Wildman–Crippen MR) is 75.7 cm³/mol. The highest BCUT2D eigenvalue weighted by molar-refractivity contribution is 5.91. The van der Waals surface area contributed by atoms with Gasteiger partial charge in [-0.3, -0.25) is 4.79 Å². The second-order valence-electron chi connectivity index (χ2n) is 5.94. The molecule has 0 saturated heterocycles. The molecule has 0 aromatic rings. The lowest BCUT2D eigenvalue weighted by Gasteiger charge is -2.18. The summed E-state index contributed by atoms with van der Waals surface area (Å²) in [5.74, 6) is -0.0587. The van der Waals surface area contributed by atoms with Gasteiger partial charge < -0.3 is 4.74 Å². The Morgan fingerprint density at radius 1 is 1.42 bits per heavy atom. The molecule has 3 nitrogen and oxygen atoms in total. The Labute approximate surface area is 115 Å². The van der Waals surface area contributed by atoms with Crippen molar-refractivity contribution in [1.82, 2.24) is 0 Å². The van der Waals surface area contributed by atoms with E-state index in [0.29, 0.717) is 6.42 Å². The largest absolute Gasteiger partial charge is 0.466 e. The zero-order valence-electron chi connectivity index (χ0n) is 12.4. The molecule has 0 bridgehead atoms. The number of hydrogen-bond donors (Lipinski definition) is 0. The van der Waals surface area contributed by atoms with Gasteiger partial charge in [0.2, 0.25) is 0 Å². The van der Waals surface area contributed by atoms with E-state index in [2.05, 4.69) is 13.8 Å². The number of carbonyl (C=O) groups excluding carboxylic acids is 2. The molecule has 1 atom stereocenters. The van der Waals surface area contributed by atoms with Gasteiger partial charge >= 0.3 is 5.97 Å². The van der Waals surface area contributed by atoms with Crippen LogP contribution in [0.25, 0.3) is 0 Å². The molecule has 1 aliphatic rings. The van der Waals surface area contributed by atoms with Gasteiger partial charge in [0.1, 0.15) is 0 Å². The van der Waals surface area contributed by atoms with Crippen LogP contribution in [-0.2, 0) is 14.3 Å². The molecule has 0 amide bonds. The molecule has 3 heteroatoms. The van der Waals surface area contributed by atoms with Crippen molar-refractivity contribution in [2.24, 2.45) is 11.3 Å². The van der Waals surface area contributed by atoms with Crippen molar-refractivity contribution in [1.29, 1.82) is 0 Å². The molecule has 1 unspecified atom stereocenters. The van der Waals surface area contributed by atoms with Gasteiger partial charge in [0.25, 0.3) is 0 Å². The molecule has 0 heterocycles. The number of methoxy groups -OCH3 is 1. The molecule has 0 fully saturated rings. The van der Waals surface area contributed by atoms with Crippen molar-refractivity contribution in [2.75, 3.05) is 7.11 Å². The molecule has 0 aliphatic heterocycles. The van der Waals surface area contributed by atoms with E-state index in [-0.39, 0.29) is 23.1 Å². The summed E-state index contributed by atoms with van der Waals surface area (Å²) in [5.41, 5.74) is 0.601. The maximum atomic E-state index is 11.9. The Morgan fingerprint density at radius 3 is 2.74 bits per heavy atom. The molecular formula is C16H24O3. The third kappa shape index (κ3) is 5.01. The zero-order valence-corrected chi connectivity index (χ0v) is 12.4. The number of ether oxygens (including phenoxy) is 1. The van der Waals surface area contributed by atoms with E-state index in [0.717, 1.165) is 24.8 Å². The van der Waals surface area contributed by atoms with Gasteiger partial charge in [-0.15, -0.1) is 0 Å². The Morgan fingerprint density at radius 2 is 2.11 bits per heavy atom. The van der Waals surface area contributed by atoms with Gasteiger partial charge in [0.15, 0.2) is 5.78 Å². The lowest BCUT2D eigenvalue weighted by atomic mass is 9.87. The number of allylic oxidation sites excluding steroid dienone is 3. The van der Waals surface area contributed by atoms with E-state index in [9.17, 15) is 9.59 Å². The molecule has 106 valence electrons. The minimum atomic E-state index is -0.252. The van der Waals surface area contributed by atoms with Gasteiger partial charge in [-0.1, -0.05) is 32.9 Å². The average molecular weight is 264 g/mol. The number of ketones is 1. The van der Waals surface area contributed by atoms with Gasteiger partial charge in [-0.05, 0) is 37.2 Å². The smallest absolute Gasteiger partial charge is 0.333 e. The molecule has 0 spiro atoms. The van der Waals surface area contributed by atoms with Crippen LogP contribution in [0.5, 0.6) is 0 Å². The van der Waals surface area contributed by atoms with Crippen LogP contribution in [0, 0.1) is 11.3 Å². The van der Waals surface area contributed by atoms with Crippen LogP contribution >= 0.6 is 0 Å². The third-order valence-corrected chi connectivity index (χ3v) is 3.59. The minimum absolute atomic E-state index is 0.0176. The standard InChI is InChI=1S/C16H24O3/c1-12-6-5-7-13(15(18)19-4)8-10-16(2,3)11-9-14(12)17/h8-9,11-12H,5-7,10H2,1-4H3/b11-9+,13-8-. The number of carbonyl (C=O) groups is 2. The van der Waals surface area contributed by atoms with Gasteiger partial charge in [0, 0.05) is 11.5 Å². The second-order valence-corrected chi connectivity index (χ2v) is 5.94. The fourth-order valence-corrected chi connectivity index (χ4v) is 2.09. The van der Waals surface area contributed by atoms with E-state index < -0.39 is 0 Å². The van der Waals surface area contributed by atoms with Crippen LogP contribution in [0.1, 0.15) is 46.5 Å². The highest BCUT2D eigenvalue weighted by Gasteiger charge is 2.19. The van der Waals surface area contributed by atoms with Crippen LogP contribution < -0.4 is 0 Å². The van der Waals surface area contributed by atoms with Crippen LogP contribution in [0.3, 0.4) is 0 Å². The van der Waals surface area contributed by atoms with E-state index >= 15 is 0 Å². The first-order valence-corrected chi connectivity index (χ1v) is 6.86. The molecule has 1 rings (SSSR count). The van der Waals surface area contributed by atoms with Crippen LogP contribution in [0.2, 0.25) is 0 Å². The highest BCUT2D eigenvalue weighted by Crippen LogP contribution is 2.26. The molecule has 0 radical (unpaired) electrons. The Bertz CT molecular complexity index is 402. The molecule has 19 heavy (non-hydrogen) atoms. The summed E-state index contributed by atoms with van der Waals surface area (Å²) in [4.78, 5) is 23.6. The molecule has 0 aromatic carbocycles. The zero-order chi connectivity index (χ0) is 14.5. The predicted octanol–water partition coefficient (Wildman–Crippen LogP) is 3.45. The lowest BCUT2D eigenvalue weighted by molar-refractivity contribution is -0.136. The maximum Gasteiger partial charge on any atom is 0.333 e. The minimum Gasteiger partial charge on any atom is -0.466 e. The Kier molecular flexibility index (Phi) is 5.52. The Balaban J connectivity index is 2.95. The molecule has 0 saturated carbocycles. The maximum absolute atomic E-state index is 11.9. The van der Waals surface area contributed by atoms with Crippen molar-refractivity contribution in [3.8, 4) is 0 Å². The lowest BCUT2D eigenvalue weighted by Crippen LogP contribution is -2.10. The summed E-state index contributed by atoms with van der Waals surface area (Å²) in [6.07, 6.45) is 8.65. The molecule has 0 N–H and O–H groups in total. The number of rotatable bonds is 1. The quantitative estimate of drug-likeness (QED) is 0.681. The van der Waals surface area contributed by atoms with E-state index in [1.165, 1.54) is 7.11 Å². The summed E-state index contributed by atoms with van der Waals surface area (Å²) in [5, 5.41) is 0. The van der Waals surface area contributed by atoms with Crippen LogP contribution in [0.4, 0.5) is 0 Å². The molecular weight excluding hydrogens is 240 g/mol. The van der Waals surface area contributed by atoms with E-state index in [1.807, 2.05) is 19.1 Å². The van der Waals surface area contributed by atoms with Gasteiger partial charge in [0.05, 0.1) is 7.11 Å². The fraction of sp³-hybridized carbons (Fsp3) is 0.625. The van der Waals surface area contributed by atoms with Crippen molar-refractivity contribution < 1.29 is 14.3 Å². The monoisotopic (exact) mass is 264 g/mol. The van der Waals surface area contributed by atoms with Crippen LogP contribution in [-0.4, -0.2) is 18.9 Å².